The van der Waals surface area contributed by atoms with E-state index in [1.807, 2.05) is 42.5 Å². The van der Waals surface area contributed by atoms with Crippen molar-refractivity contribution < 1.29 is 23.6 Å². The van der Waals surface area contributed by atoms with Crippen LogP contribution >= 0.6 is 0 Å². The van der Waals surface area contributed by atoms with E-state index in [4.69, 9.17) is 14.0 Å². The van der Waals surface area contributed by atoms with Gasteiger partial charge in [0.2, 0.25) is 5.82 Å². The van der Waals surface area contributed by atoms with Crippen molar-refractivity contribution in [2.75, 3.05) is 26.8 Å². The summed E-state index contributed by atoms with van der Waals surface area (Å²) in [7, 11) is 1.58. The summed E-state index contributed by atoms with van der Waals surface area (Å²) in [6.45, 7) is 0.291. The van der Waals surface area contributed by atoms with Crippen molar-refractivity contribution in [3.8, 4) is 22.9 Å². The Morgan fingerprint density at radius 1 is 0.939 bits per heavy atom. The maximum atomic E-state index is 12.2. The summed E-state index contributed by atoms with van der Waals surface area (Å²) < 4.78 is 15.8. The zero-order chi connectivity index (χ0) is 23.0. The number of rotatable bonds is 9. The Labute approximate surface area is 189 Å². The zero-order valence-corrected chi connectivity index (χ0v) is 17.9. The Balaban J connectivity index is 1.21. The summed E-state index contributed by atoms with van der Waals surface area (Å²) in [5.41, 5.74) is 0.692. The number of nitrogens with zero attached hydrogens (tertiary/aromatic N) is 2. The molecule has 0 atom stereocenters. The normalized spacial score (nSPS) is 10.6. The molecular weight excluding hydrogens is 424 g/mol. The average molecular weight is 446 g/mol. The molecule has 9 heteroatoms. The summed E-state index contributed by atoms with van der Waals surface area (Å²) in [5.74, 6) is 0.652. The predicted octanol–water partition coefficient (Wildman–Crippen LogP) is 2.82. The number of methoxy groups -OCH3 is 1. The molecule has 0 unspecified atom stereocenters. The molecule has 1 aromatic heterocycles. The van der Waals surface area contributed by atoms with E-state index in [0.29, 0.717) is 22.9 Å². The van der Waals surface area contributed by atoms with Gasteiger partial charge in [-0.05, 0) is 35.7 Å². The van der Waals surface area contributed by atoms with Crippen LogP contribution in [0.1, 0.15) is 10.7 Å². The number of nitrogens with one attached hydrogen (secondary N) is 2. The molecule has 0 saturated heterocycles. The van der Waals surface area contributed by atoms with Crippen molar-refractivity contribution in [2.45, 2.75) is 0 Å². The number of aromatic nitrogens is 2. The van der Waals surface area contributed by atoms with Gasteiger partial charge < -0.3 is 24.6 Å². The highest BCUT2D eigenvalue weighted by atomic mass is 16.5. The molecule has 2 amide bonds. The molecule has 0 aliphatic rings. The van der Waals surface area contributed by atoms with E-state index in [9.17, 15) is 9.59 Å². The van der Waals surface area contributed by atoms with Crippen molar-refractivity contribution in [1.29, 1.82) is 0 Å². The molecule has 9 nitrogen and oxygen atoms in total. The molecule has 33 heavy (non-hydrogen) atoms. The minimum atomic E-state index is -0.525. The van der Waals surface area contributed by atoms with E-state index in [0.717, 1.165) is 10.8 Å². The van der Waals surface area contributed by atoms with E-state index in [1.54, 1.807) is 31.4 Å². The number of hydrogen-bond acceptors (Lipinski definition) is 7. The molecule has 0 aliphatic carbocycles. The van der Waals surface area contributed by atoms with Crippen molar-refractivity contribution in [3.05, 3.63) is 72.6 Å². The van der Waals surface area contributed by atoms with Gasteiger partial charge in [-0.2, -0.15) is 4.98 Å². The molecule has 0 bridgehead atoms. The van der Waals surface area contributed by atoms with Crippen LogP contribution in [0.25, 0.3) is 22.2 Å². The molecule has 0 aliphatic heterocycles. The molecule has 4 rings (SSSR count). The molecule has 4 aromatic rings. The second-order valence-electron chi connectivity index (χ2n) is 7.02. The Morgan fingerprint density at radius 3 is 2.52 bits per heavy atom. The van der Waals surface area contributed by atoms with Crippen LogP contribution in [0, 0.1) is 0 Å². The standard InChI is InChI=1S/C24H22N4O5/c1-31-18-11-9-17(10-12-18)22-27-24(33-28-22)23(30)26-14-13-25-21(29)15-32-20-8-4-6-16-5-2-3-7-19(16)20/h2-12H,13-15H2,1H3,(H,25,29)(H,26,30). The van der Waals surface area contributed by atoms with Gasteiger partial charge in [0.05, 0.1) is 7.11 Å². The molecule has 0 saturated carbocycles. The number of carbonyl (C=O) groups excluding carboxylic acids is 2. The first kappa shape index (κ1) is 21.8. The summed E-state index contributed by atoms with van der Waals surface area (Å²) in [4.78, 5) is 28.4. The van der Waals surface area contributed by atoms with Gasteiger partial charge >= 0.3 is 11.8 Å². The highest BCUT2D eigenvalue weighted by Gasteiger charge is 2.16. The smallest absolute Gasteiger partial charge is 0.316 e. The third-order valence-electron chi connectivity index (χ3n) is 4.81. The van der Waals surface area contributed by atoms with E-state index >= 15 is 0 Å². The third kappa shape index (κ3) is 5.45. The lowest BCUT2D eigenvalue weighted by Crippen LogP contribution is -2.36. The third-order valence-corrected chi connectivity index (χ3v) is 4.81. The lowest BCUT2D eigenvalue weighted by atomic mass is 10.1. The number of fused-ring (bicyclic) bond motifs is 1. The van der Waals surface area contributed by atoms with E-state index < -0.39 is 5.91 Å². The van der Waals surface area contributed by atoms with Gasteiger partial charge in [0.1, 0.15) is 11.5 Å². The number of carbonyl (C=O) groups is 2. The first-order valence-corrected chi connectivity index (χ1v) is 10.3. The first-order valence-electron chi connectivity index (χ1n) is 10.3. The Hall–Kier alpha value is -4.40. The molecule has 3 aromatic carbocycles. The fraction of sp³-hybridized carbons (Fsp3) is 0.167. The Bertz CT molecular complexity index is 1250. The molecule has 0 radical (unpaired) electrons. The topological polar surface area (TPSA) is 116 Å². The summed E-state index contributed by atoms with van der Waals surface area (Å²) in [6.07, 6.45) is 0. The monoisotopic (exact) mass is 446 g/mol. The van der Waals surface area contributed by atoms with Crippen LogP contribution in [0.5, 0.6) is 11.5 Å². The Kier molecular flexibility index (Phi) is 6.79. The van der Waals surface area contributed by atoms with Crippen LogP contribution in [0.15, 0.2) is 71.3 Å². The first-order chi connectivity index (χ1) is 16.1. The molecule has 1 heterocycles. The van der Waals surface area contributed by atoms with Crippen LogP contribution in [0.3, 0.4) is 0 Å². The highest BCUT2D eigenvalue weighted by Crippen LogP contribution is 2.25. The quantitative estimate of drug-likeness (QED) is 0.380. The minimum absolute atomic E-state index is 0.128. The number of benzene rings is 3. The largest absolute Gasteiger partial charge is 0.497 e. The second-order valence-corrected chi connectivity index (χ2v) is 7.02. The summed E-state index contributed by atoms with van der Waals surface area (Å²) in [5, 5.41) is 11.1. The molecule has 0 spiro atoms. The summed E-state index contributed by atoms with van der Waals surface area (Å²) >= 11 is 0. The Morgan fingerprint density at radius 2 is 1.70 bits per heavy atom. The maximum absolute atomic E-state index is 12.2. The molecular formula is C24H22N4O5. The second kappa shape index (κ2) is 10.3. The van der Waals surface area contributed by atoms with E-state index in [-0.39, 0.29) is 31.5 Å². The van der Waals surface area contributed by atoms with Gasteiger partial charge in [-0.15, -0.1) is 0 Å². The van der Waals surface area contributed by atoms with Gasteiger partial charge in [-0.3, -0.25) is 9.59 Å². The predicted molar refractivity (Wildman–Crippen MR) is 121 cm³/mol. The van der Waals surface area contributed by atoms with E-state index in [1.165, 1.54) is 0 Å². The van der Waals surface area contributed by atoms with Gasteiger partial charge in [0, 0.05) is 24.0 Å². The SMILES string of the molecule is COc1ccc(-c2noc(C(=O)NCCNC(=O)COc3cccc4ccccc34)n2)cc1. The van der Waals surface area contributed by atoms with Crippen molar-refractivity contribution in [3.63, 3.8) is 0 Å². The van der Waals surface area contributed by atoms with Gasteiger partial charge in [-0.25, -0.2) is 0 Å². The van der Waals surface area contributed by atoms with Crippen LogP contribution in [-0.4, -0.2) is 48.8 Å². The highest BCUT2D eigenvalue weighted by molar-refractivity contribution is 5.90. The van der Waals surface area contributed by atoms with Crippen molar-refractivity contribution in [2.24, 2.45) is 0 Å². The van der Waals surface area contributed by atoms with Crippen molar-refractivity contribution >= 4 is 22.6 Å². The summed E-state index contributed by atoms with van der Waals surface area (Å²) in [6, 6.07) is 20.5. The van der Waals surface area contributed by atoms with Gasteiger partial charge in [0.25, 0.3) is 5.91 Å². The van der Waals surface area contributed by atoms with Crippen molar-refractivity contribution in [1.82, 2.24) is 20.8 Å². The van der Waals surface area contributed by atoms with Crippen LogP contribution in [0.2, 0.25) is 0 Å². The number of amides is 2. The van der Waals surface area contributed by atoms with Crippen LogP contribution in [-0.2, 0) is 4.79 Å². The fourth-order valence-corrected chi connectivity index (χ4v) is 3.14. The minimum Gasteiger partial charge on any atom is -0.497 e. The van der Waals surface area contributed by atoms with Crippen LogP contribution < -0.4 is 20.1 Å². The van der Waals surface area contributed by atoms with Gasteiger partial charge in [0.15, 0.2) is 6.61 Å². The van der Waals surface area contributed by atoms with E-state index in [2.05, 4.69) is 20.8 Å². The molecule has 168 valence electrons. The number of hydrogen-bond donors (Lipinski definition) is 2. The average Bonchev–Trinajstić information content (AvgIpc) is 3.36. The molecule has 0 fully saturated rings. The fourth-order valence-electron chi connectivity index (χ4n) is 3.14. The maximum Gasteiger partial charge on any atom is 0.316 e. The zero-order valence-electron chi connectivity index (χ0n) is 17.9. The lowest BCUT2D eigenvalue weighted by molar-refractivity contribution is -0.123. The van der Waals surface area contributed by atoms with Gasteiger partial charge in [-0.1, -0.05) is 41.6 Å². The lowest BCUT2D eigenvalue weighted by Gasteiger charge is -2.10. The van der Waals surface area contributed by atoms with Crippen LogP contribution in [0.4, 0.5) is 0 Å². The number of ether oxygens (including phenoxy) is 2. The molecule has 2 N–H and O–H groups in total.